The van der Waals surface area contributed by atoms with E-state index in [0.717, 1.165) is 0 Å². The number of nitrogens with two attached hydrogens (primary N) is 1. The van der Waals surface area contributed by atoms with Crippen molar-refractivity contribution >= 4 is 17.3 Å². The fourth-order valence-electron chi connectivity index (χ4n) is 1.78. The molecule has 0 atom stereocenters. The molecule has 0 radical (unpaired) electrons. The molecule has 3 rings (SSSR count). The van der Waals surface area contributed by atoms with Gasteiger partial charge in [0.2, 0.25) is 5.82 Å². The fraction of sp³-hybridized carbons (Fsp3) is 0. The molecule has 0 bridgehead atoms. The van der Waals surface area contributed by atoms with Crippen LogP contribution in [0.3, 0.4) is 0 Å². The number of nitrogen functional groups attached to an aromatic ring is 1. The lowest BCUT2D eigenvalue weighted by atomic mass is 10.1. The average Bonchev–Trinajstić information content (AvgIpc) is 2.92. The summed E-state index contributed by atoms with van der Waals surface area (Å²) in [4.78, 5) is 4.24. The van der Waals surface area contributed by atoms with Gasteiger partial charge in [0.05, 0.1) is 5.02 Å². The molecule has 0 spiro atoms. The topological polar surface area (TPSA) is 64.9 Å². The molecule has 0 saturated heterocycles. The number of hydrogen-bond acceptors (Lipinski definition) is 4. The molecule has 0 saturated carbocycles. The third-order valence-corrected chi connectivity index (χ3v) is 3.08. The molecule has 100 valence electrons. The number of nitrogens with zero attached hydrogens (tertiary/aromatic N) is 2. The van der Waals surface area contributed by atoms with E-state index in [9.17, 15) is 4.39 Å². The number of halogens is 2. The zero-order chi connectivity index (χ0) is 14.1. The van der Waals surface area contributed by atoms with E-state index in [0.29, 0.717) is 22.6 Å². The minimum atomic E-state index is -0.498. The summed E-state index contributed by atoms with van der Waals surface area (Å²) in [6.07, 6.45) is 0. The molecular formula is C14H9ClFN3O. The first kappa shape index (κ1) is 12.6. The van der Waals surface area contributed by atoms with Crippen LogP contribution in [-0.2, 0) is 0 Å². The molecule has 6 heteroatoms. The summed E-state index contributed by atoms with van der Waals surface area (Å²) in [5.74, 6) is 0.131. The maximum Gasteiger partial charge on any atom is 0.258 e. The highest BCUT2D eigenvalue weighted by Crippen LogP contribution is 2.27. The second-order valence-electron chi connectivity index (χ2n) is 4.14. The monoisotopic (exact) mass is 289 g/mol. The molecule has 0 aliphatic rings. The Kier molecular flexibility index (Phi) is 3.12. The summed E-state index contributed by atoms with van der Waals surface area (Å²) >= 11 is 5.73. The van der Waals surface area contributed by atoms with Crippen molar-refractivity contribution < 1.29 is 8.91 Å². The highest BCUT2D eigenvalue weighted by atomic mass is 35.5. The van der Waals surface area contributed by atoms with Crippen LogP contribution in [0.4, 0.5) is 10.1 Å². The lowest BCUT2D eigenvalue weighted by Crippen LogP contribution is -1.90. The molecule has 1 aromatic heterocycles. The van der Waals surface area contributed by atoms with Gasteiger partial charge in [-0.3, -0.25) is 0 Å². The molecular weight excluding hydrogens is 281 g/mol. The van der Waals surface area contributed by atoms with Crippen LogP contribution < -0.4 is 5.73 Å². The molecule has 2 N–H and O–H groups in total. The van der Waals surface area contributed by atoms with Gasteiger partial charge in [-0.1, -0.05) is 28.9 Å². The summed E-state index contributed by atoms with van der Waals surface area (Å²) in [7, 11) is 0. The summed E-state index contributed by atoms with van der Waals surface area (Å²) in [5, 5.41) is 3.87. The molecule has 0 fully saturated rings. The van der Waals surface area contributed by atoms with Crippen molar-refractivity contribution in [1.82, 2.24) is 10.1 Å². The largest absolute Gasteiger partial charge is 0.398 e. The molecule has 3 aromatic rings. The molecule has 0 aliphatic heterocycles. The number of benzene rings is 2. The summed E-state index contributed by atoms with van der Waals surface area (Å²) < 4.78 is 18.3. The van der Waals surface area contributed by atoms with Crippen LogP contribution in [0.25, 0.3) is 22.8 Å². The summed E-state index contributed by atoms with van der Waals surface area (Å²) in [6, 6.07) is 11.4. The normalized spacial score (nSPS) is 10.7. The Balaban J connectivity index is 2.02. The van der Waals surface area contributed by atoms with Crippen LogP contribution in [0.1, 0.15) is 0 Å². The van der Waals surface area contributed by atoms with Crippen molar-refractivity contribution in [2.24, 2.45) is 0 Å². The van der Waals surface area contributed by atoms with Gasteiger partial charge in [0.25, 0.3) is 5.89 Å². The number of hydrogen-bond donors (Lipinski definition) is 1. The van der Waals surface area contributed by atoms with Gasteiger partial charge < -0.3 is 10.3 Å². The Hall–Kier alpha value is -2.40. The van der Waals surface area contributed by atoms with E-state index in [1.54, 1.807) is 12.1 Å². The van der Waals surface area contributed by atoms with E-state index in [1.807, 2.05) is 12.1 Å². The van der Waals surface area contributed by atoms with Gasteiger partial charge in [-0.2, -0.15) is 4.98 Å². The fourth-order valence-corrected chi connectivity index (χ4v) is 1.96. The van der Waals surface area contributed by atoms with Gasteiger partial charge in [-0.05, 0) is 30.3 Å². The second kappa shape index (κ2) is 4.94. The zero-order valence-corrected chi connectivity index (χ0v) is 10.9. The predicted molar refractivity (Wildman–Crippen MR) is 74.6 cm³/mol. The average molecular weight is 290 g/mol. The summed E-state index contributed by atoms with van der Waals surface area (Å²) in [5.41, 5.74) is 7.63. The van der Waals surface area contributed by atoms with Crippen LogP contribution in [0, 0.1) is 5.82 Å². The van der Waals surface area contributed by atoms with Gasteiger partial charge in [0, 0.05) is 16.8 Å². The molecule has 4 nitrogen and oxygen atoms in total. The number of para-hydroxylation sites is 1. The van der Waals surface area contributed by atoms with Gasteiger partial charge in [0.1, 0.15) is 5.82 Å². The second-order valence-corrected chi connectivity index (χ2v) is 4.55. The van der Waals surface area contributed by atoms with Crippen LogP contribution in [-0.4, -0.2) is 10.1 Å². The van der Waals surface area contributed by atoms with Crippen LogP contribution >= 0.6 is 11.6 Å². The first-order valence-electron chi connectivity index (χ1n) is 5.79. The lowest BCUT2D eigenvalue weighted by molar-refractivity contribution is 0.432. The third-order valence-electron chi connectivity index (χ3n) is 2.79. The first-order valence-corrected chi connectivity index (χ1v) is 6.17. The SMILES string of the molecule is Nc1ccccc1-c1noc(-c2ccc(F)c(Cl)c2)n1. The Labute approximate surface area is 119 Å². The summed E-state index contributed by atoms with van der Waals surface area (Å²) in [6.45, 7) is 0. The molecule has 0 aliphatic carbocycles. The van der Waals surface area contributed by atoms with Crippen molar-refractivity contribution in [3.63, 3.8) is 0 Å². The van der Waals surface area contributed by atoms with E-state index in [-0.39, 0.29) is 10.9 Å². The lowest BCUT2D eigenvalue weighted by Gasteiger charge is -1.98. The van der Waals surface area contributed by atoms with Gasteiger partial charge in [-0.25, -0.2) is 4.39 Å². The molecule has 20 heavy (non-hydrogen) atoms. The van der Waals surface area contributed by atoms with Crippen LogP contribution in [0.2, 0.25) is 5.02 Å². The van der Waals surface area contributed by atoms with Crippen molar-refractivity contribution in [3.05, 3.63) is 53.3 Å². The van der Waals surface area contributed by atoms with Gasteiger partial charge in [-0.15, -0.1) is 0 Å². The maximum atomic E-state index is 13.1. The van der Waals surface area contributed by atoms with E-state index in [4.69, 9.17) is 21.9 Å². The van der Waals surface area contributed by atoms with Crippen molar-refractivity contribution in [1.29, 1.82) is 0 Å². The van der Waals surface area contributed by atoms with Crippen molar-refractivity contribution in [2.75, 3.05) is 5.73 Å². The third kappa shape index (κ3) is 2.23. The van der Waals surface area contributed by atoms with Crippen molar-refractivity contribution in [2.45, 2.75) is 0 Å². The molecule has 2 aromatic carbocycles. The predicted octanol–water partition coefficient (Wildman–Crippen LogP) is 3.78. The van der Waals surface area contributed by atoms with Crippen LogP contribution in [0.5, 0.6) is 0 Å². The number of rotatable bonds is 2. The van der Waals surface area contributed by atoms with Crippen LogP contribution in [0.15, 0.2) is 47.0 Å². The zero-order valence-electron chi connectivity index (χ0n) is 10.2. The van der Waals surface area contributed by atoms with Gasteiger partial charge in [0.15, 0.2) is 0 Å². The Morgan fingerprint density at radius 2 is 1.95 bits per heavy atom. The van der Waals surface area contributed by atoms with E-state index >= 15 is 0 Å². The van der Waals surface area contributed by atoms with E-state index in [1.165, 1.54) is 18.2 Å². The first-order chi connectivity index (χ1) is 9.65. The van der Waals surface area contributed by atoms with E-state index in [2.05, 4.69) is 10.1 Å². The quantitative estimate of drug-likeness (QED) is 0.729. The highest BCUT2D eigenvalue weighted by Gasteiger charge is 2.13. The molecule has 0 unspecified atom stereocenters. The molecule has 0 amide bonds. The van der Waals surface area contributed by atoms with Crippen molar-refractivity contribution in [3.8, 4) is 22.8 Å². The maximum absolute atomic E-state index is 13.1. The standard InChI is InChI=1S/C14H9ClFN3O/c15-10-7-8(5-6-11(10)16)14-18-13(19-20-14)9-3-1-2-4-12(9)17/h1-7H,17H2. The van der Waals surface area contributed by atoms with Gasteiger partial charge >= 0.3 is 0 Å². The Morgan fingerprint density at radius 1 is 1.15 bits per heavy atom. The Morgan fingerprint density at radius 3 is 2.70 bits per heavy atom. The minimum Gasteiger partial charge on any atom is -0.398 e. The number of anilines is 1. The smallest absolute Gasteiger partial charge is 0.258 e. The highest BCUT2D eigenvalue weighted by molar-refractivity contribution is 6.31. The molecule has 1 heterocycles. The Bertz CT molecular complexity index is 773. The van der Waals surface area contributed by atoms with E-state index < -0.39 is 5.82 Å². The minimum absolute atomic E-state index is 0.00137. The number of aromatic nitrogens is 2.